The van der Waals surface area contributed by atoms with E-state index >= 15 is 0 Å². The van der Waals surface area contributed by atoms with Crippen LogP contribution in [0.4, 0.5) is 0 Å². The van der Waals surface area contributed by atoms with Gasteiger partial charge >= 0.3 is 5.97 Å². The molecular weight excluding hydrogens is 394 g/mol. The number of esters is 1. The highest BCUT2D eigenvalue weighted by molar-refractivity contribution is 5.98. The molecule has 6 nitrogen and oxygen atoms in total. The van der Waals surface area contributed by atoms with Crippen LogP contribution in [0.15, 0.2) is 54.6 Å². The number of piperidine rings is 1. The van der Waals surface area contributed by atoms with E-state index in [-0.39, 0.29) is 24.7 Å². The molecule has 1 heterocycles. The summed E-state index contributed by atoms with van der Waals surface area (Å²) in [7, 11) is 1.58. The standard InChI is InChI=1S/C25H29NO5/c1-3-4-16-26-23(28)15-14-20(24(26)19-12-8-9-13-22(19)30-2)25(29)31-17-21(27)18-10-6-5-7-11-18/h5-13,20,24H,3-4,14-17H2,1-2H3/t20-,24-/m1/s1. The quantitative estimate of drug-likeness (QED) is 0.446. The summed E-state index contributed by atoms with van der Waals surface area (Å²) in [6.45, 7) is 2.30. The van der Waals surface area contributed by atoms with Gasteiger partial charge in [-0.1, -0.05) is 61.9 Å². The maximum absolute atomic E-state index is 13.1. The number of unbranched alkanes of at least 4 members (excludes halogenated alkanes) is 1. The lowest BCUT2D eigenvalue weighted by Gasteiger charge is -2.40. The normalized spacial score (nSPS) is 18.5. The highest BCUT2D eigenvalue weighted by atomic mass is 16.5. The van der Waals surface area contributed by atoms with Crippen LogP contribution in [0.25, 0.3) is 0 Å². The van der Waals surface area contributed by atoms with E-state index in [1.54, 1.807) is 36.3 Å². The molecule has 1 aliphatic rings. The fraction of sp³-hybridized carbons (Fsp3) is 0.400. The molecule has 2 atom stereocenters. The number of amides is 1. The Bertz CT molecular complexity index is 911. The predicted octanol–water partition coefficient (Wildman–Crippen LogP) is 4.20. The molecule has 1 saturated heterocycles. The van der Waals surface area contributed by atoms with Crippen molar-refractivity contribution in [3.8, 4) is 5.75 Å². The molecule has 2 aromatic carbocycles. The molecule has 6 heteroatoms. The van der Waals surface area contributed by atoms with Crippen LogP contribution in [0.1, 0.15) is 54.6 Å². The third-order valence-corrected chi connectivity index (χ3v) is 5.66. The average molecular weight is 424 g/mol. The van der Waals surface area contributed by atoms with Crippen LogP contribution < -0.4 is 4.74 Å². The molecule has 0 unspecified atom stereocenters. The zero-order valence-electron chi connectivity index (χ0n) is 18.1. The molecule has 1 amide bonds. The zero-order chi connectivity index (χ0) is 22.2. The van der Waals surface area contributed by atoms with Crippen LogP contribution in [0.5, 0.6) is 5.75 Å². The second-order valence-electron chi connectivity index (χ2n) is 7.67. The number of hydrogen-bond donors (Lipinski definition) is 0. The van der Waals surface area contributed by atoms with Gasteiger partial charge in [0.1, 0.15) is 5.75 Å². The van der Waals surface area contributed by atoms with Crippen molar-refractivity contribution in [1.82, 2.24) is 4.90 Å². The second-order valence-corrected chi connectivity index (χ2v) is 7.67. The van der Waals surface area contributed by atoms with Crippen LogP contribution >= 0.6 is 0 Å². The molecule has 0 saturated carbocycles. The number of hydrogen-bond acceptors (Lipinski definition) is 5. The van der Waals surface area contributed by atoms with E-state index in [9.17, 15) is 14.4 Å². The van der Waals surface area contributed by atoms with E-state index in [1.807, 2.05) is 30.3 Å². The molecule has 2 aromatic rings. The average Bonchev–Trinajstić information content (AvgIpc) is 2.81. The lowest BCUT2D eigenvalue weighted by Crippen LogP contribution is -2.46. The van der Waals surface area contributed by atoms with Crippen molar-refractivity contribution in [1.29, 1.82) is 0 Å². The van der Waals surface area contributed by atoms with Crippen molar-refractivity contribution in [3.05, 3.63) is 65.7 Å². The Kier molecular flexibility index (Phi) is 7.82. The number of rotatable bonds is 9. The highest BCUT2D eigenvalue weighted by Crippen LogP contribution is 2.41. The maximum Gasteiger partial charge on any atom is 0.311 e. The number of methoxy groups -OCH3 is 1. The van der Waals surface area contributed by atoms with Gasteiger partial charge in [-0.2, -0.15) is 0 Å². The van der Waals surface area contributed by atoms with Crippen LogP contribution in [0, 0.1) is 5.92 Å². The number of nitrogens with zero attached hydrogens (tertiary/aromatic N) is 1. The largest absolute Gasteiger partial charge is 0.496 e. The van der Waals surface area contributed by atoms with Gasteiger partial charge in [0.25, 0.3) is 0 Å². The van der Waals surface area contributed by atoms with E-state index in [2.05, 4.69) is 6.92 Å². The van der Waals surface area contributed by atoms with E-state index in [0.29, 0.717) is 24.3 Å². The van der Waals surface area contributed by atoms with Gasteiger partial charge in [0, 0.05) is 24.1 Å². The summed E-state index contributed by atoms with van der Waals surface area (Å²) in [6, 6.07) is 15.7. The summed E-state index contributed by atoms with van der Waals surface area (Å²) in [6.07, 6.45) is 2.43. The number of carbonyl (C=O) groups excluding carboxylic acids is 3. The van der Waals surface area contributed by atoms with Crippen molar-refractivity contribution >= 4 is 17.7 Å². The molecule has 1 fully saturated rings. The summed E-state index contributed by atoms with van der Waals surface area (Å²) in [4.78, 5) is 40.0. The number of Topliss-reactive ketones (excluding diaryl/α,β-unsaturated/α-hetero) is 1. The van der Waals surface area contributed by atoms with Crippen LogP contribution in [-0.4, -0.2) is 42.8 Å². The monoisotopic (exact) mass is 423 g/mol. The second kappa shape index (κ2) is 10.8. The number of ketones is 1. The van der Waals surface area contributed by atoms with E-state index in [0.717, 1.165) is 18.4 Å². The number of benzene rings is 2. The minimum Gasteiger partial charge on any atom is -0.496 e. The minimum absolute atomic E-state index is 0.0220. The molecule has 0 bridgehead atoms. The molecule has 0 spiro atoms. The van der Waals surface area contributed by atoms with E-state index < -0.39 is 17.9 Å². The molecule has 0 aromatic heterocycles. The van der Waals surface area contributed by atoms with Gasteiger partial charge < -0.3 is 14.4 Å². The Labute approximate surface area is 183 Å². The lowest BCUT2D eigenvalue weighted by molar-refractivity contribution is -0.156. The Hall–Kier alpha value is -3.15. The van der Waals surface area contributed by atoms with Crippen molar-refractivity contribution in [2.45, 2.75) is 38.6 Å². The van der Waals surface area contributed by atoms with Crippen molar-refractivity contribution < 1.29 is 23.9 Å². The molecule has 1 aliphatic heterocycles. The Morgan fingerprint density at radius 3 is 2.48 bits per heavy atom. The van der Waals surface area contributed by atoms with Crippen molar-refractivity contribution in [2.75, 3.05) is 20.3 Å². The first-order valence-corrected chi connectivity index (χ1v) is 10.7. The smallest absolute Gasteiger partial charge is 0.311 e. The Morgan fingerprint density at radius 1 is 1.06 bits per heavy atom. The van der Waals surface area contributed by atoms with Gasteiger partial charge in [-0.05, 0) is 18.9 Å². The predicted molar refractivity (Wildman–Crippen MR) is 117 cm³/mol. The third kappa shape index (κ3) is 5.32. The summed E-state index contributed by atoms with van der Waals surface area (Å²) < 4.78 is 11.0. The first-order valence-electron chi connectivity index (χ1n) is 10.7. The Morgan fingerprint density at radius 2 is 1.77 bits per heavy atom. The summed E-state index contributed by atoms with van der Waals surface area (Å²) in [5.41, 5.74) is 1.28. The first-order chi connectivity index (χ1) is 15.1. The zero-order valence-corrected chi connectivity index (χ0v) is 18.1. The van der Waals surface area contributed by atoms with Crippen molar-refractivity contribution in [2.24, 2.45) is 5.92 Å². The van der Waals surface area contributed by atoms with Gasteiger partial charge in [-0.25, -0.2) is 0 Å². The van der Waals surface area contributed by atoms with Gasteiger partial charge in [0.15, 0.2) is 12.4 Å². The van der Waals surface area contributed by atoms with Gasteiger partial charge in [0.2, 0.25) is 5.91 Å². The summed E-state index contributed by atoms with van der Waals surface area (Å²) in [5.74, 6) is -0.628. The molecule has 0 N–H and O–H groups in total. The third-order valence-electron chi connectivity index (χ3n) is 5.66. The van der Waals surface area contributed by atoms with Crippen LogP contribution in [0.2, 0.25) is 0 Å². The topological polar surface area (TPSA) is 72.9 Å². The maximum atomic E-state index is 13.1. The summed E-state index contributed by atoms with van der Waals surface area (Å²) >= 11 is 0. The minimum atomic E-state index is -0.561. The number of carbonyl (C=O) groups is 3. The number of para-hydroxylation sites is 1. The van der Waals surface area contributed by atoms with E-state index in [4.69, 9.17) is 9.47 Å². The first kappa shape index (κ1) is 22.5. The molecule has 164 valence electrons. The van der Waals surface area contributed by atoms with Crippen LogP contribution in [-0.2, 0) is 14.3 Å². The van der Waals surface area contributed by atoms with E-state index in [1.165, 1.54) is 0 Å². The number of ether oxygens (including phenoxy) is 2. The van der Waals surface area contributed by atoms with Gasteiger partial charge in [0.05, 0.1) is 19.1 Å². The molecular formula is C25H29NO5. The molecule has 31 heavy (non-hydrogen) atoms. The lowest BCUT2D eigenvalue weighted by atomic mass is 9.83. The fourth-order valence-corrected chi connectivity index (χ4v) is 4.04. The number of likely N-dealkylation sites (tertiary alicyclic amines) is 1. The molecule has 3 rings (SSSR count). The van der Waals surface area contributed by atoms with Gasteiger partial charge in [-0.15, -0.1) is 0 Å². The molecule has 0 aliphatic carbocycles. The SMILES string of the molecule is CCCCN1C(=O)CC[C@@H](C(=O)OCC(=O)c2ccccc2)[C@H]1c1ccccc1OC. The van der Waals surface area contributed by atoms with Crippen LogP contribution in [0.3, 0.4) is 0 Å². The van der Waals surface area contributed by atoms with Gasteiger partial charge in [-0.3, -0.25) is 14.4 Å². The fourth-order valence-electron chi connectivity index (χ4n) is 4.04. The Balaban J connectivity index is 1.84. The highest BCUT2D eigenvalue weighted by Gasteiger charge is 2.42. The summed E-state index contributed by atoms with van der Waals surface area (Å²) in [5, 5.41) is 0. The van der Waals surface area contributed by atoms with Crippen molar-refractivity contribution in [3.63, 3.8) is 0 Å². The molecule has 0 radical (unpaired) electrons.